The second-order valence-corrected chi connectivity index (χ2v) is 6.34. The van der Waals surface area contributed by atoms with E-state index in [0.29, 0.717) is 16.9 Å². The van der Waals surface area contributed by atoms with Crippen molar-refractivity contribution in [2.75, 3.05) is 6.54 Å². The molecule has 2 amide bonds. The molecule has 0 bridgehead atoms. The lowest BCUT2D eigenvalue weighted by Gasteiger charge is -2.11. The second-order valence-electron chi connectivity index (χ2n) is 6.34. The van der Waals surface area contributed by atoms with Gasteiger partial charge in [-0.05, 0) is 61.4 Å². The second kappa shape index (κ2) is 6.93. The van der Waals surface area contributed by atoms with Crippen LogP contribution in [0.4, 0.5) is 4.79 Å². The number of hydroxylamine groups is 2. The number of nitrogens with zero attached hydrogens (tertiary/aromatic N) is 1. The first-order valence-electron chi connectivity index (χ1n) is 8.13. The smallest absolute Gasteiger partial charge is 0.338 e. The number of urea groups is 1. The summed E-state index contributed by atoms with van der Waals surface area (Å²) in [6.07, 6.45) is 1.80. The summed E-state index contributed by atoms with van der Waals surface area (Å²) in [6.45, 7) is 2.32. The van der Waals surface area contributed by atoms with Crippen LogP contribution in [0.1, 0.15) is 29.9 Å². The van der Waals surface area contributed by atoms with Gasteiger partial charge in [0, 0.05) is 0 Å². The van der Waals surface area contributed by atoms with Crippen molar-refractivity contribution in [3.63, 3.8) is 0 Å². The van der Waals surface area contributed by atoms with E-state index in [1.165, 1.54) is 11.1 Å². The molecular formula is C19H22N2O3. The van der Waals surface area contributed by atoms with Crippen LogP contribution in [-0.2, 0) is 0 Å². The van der Waals surface area contributed by atoms with Gasteiger partial charge in [0.25, 0.3) is 0 Å². The molecule has 0 aromatic heterocycles. The lowest BCUT2D eigenvalue weighted by Crippen LogP contribution is -2.33. The zero-order valence-corrected chi connectivity index (χ0v) is 13.7. The van der Waals surface area contributed by atoms with Gasteiger partial charge in [0.15, 0.2) is 0 Å². The quantitative estimate of drug-likeness (QED) is 0.621. The van der Waals surface area contributed by atoms with E-state index < -0.39 is 6.03 Å². The minimum absolute atomic E-state index is 0.274. The van der Waals surface area contributed by atoms with Crippen molar-refractivity contribution in [1.29, 1.82) is 0 Å². The molecule has 1 fully saturated rings. The van der Waals surface area contributed by atoms with Gasteiger partial charge in [0.1, 0.15) is 11.5 Å². The average Bonchev–Trinajstić information content (AvgIpc) is 3.34. The van der Waals surface area contributed by atoms with Crippen LogP contribution in [-0.4, -0.2) is 22.8 Å². The van der Waals surface area contributed by atoms with Gasteiger partial charge < -0.3 is 10.5 Å². The van der Waals surface area contributed by atoms with Crippen molar-refractivity contribution in [1.82, 2.24) is 5.06 Å². The molecule has 24 heavy (non-hydrogen) atoms. The van der Waals surface area contributed by atoms with Crippen LogP contribution in [0, 0.1) is 12.8 Å². The van der Waals surface area contributed by atoms with Gasteiger partial charge >= 0.3 is 6.03 Å². The Labute approximate surface area is 141 Å². The molecule has 1 aliphatic carbocycles. The number of nitrogens with two attached hydrogens (primary N) is 1. The molecule has 3 N–H and O–H groups in total. The highest BCUT2D eigenvalue weighted by molar-refractivity contribution is 5.70. The first-order chi connectivity index (χ1) is 11.5. The van der Waals surface area contributed by atoms with Gasteiger partial charge in [-0.15, -0.1) is 0 Å². The predicted molar refractivity (Wildman–Crippen MR) is 91.2 cm³/mol. The van der Waals surface area contributed by atoms with Crippen molar-refractivity contribution in [3.05, 3.63) is 59.7 Å². The van der Waals surface area contributed by atoms with Gasteiger partial charge in [-0.2, -0.15) is 0 Å². The molecule has 2 atom stereocenters. The van der Waals surface area contributed by atoms with E-state index >= 15 is 0 Å². The fourth-order valence-electron chi connectivity index (χ4n) is 2.92. The normalized spacial score (nSPS) is 18.9. The molecule has 2 aromatic carbocycles. The topological polar surface area (TPSA) is 75.8 Å². The van der Waals surface area contributed by atoms with Crippen LogP contribution in [0.15, 0.2) is 48.5 Å². The molecule has 0 radical (unpaired) electrons. The zero-order valence-electron chi connectivity index (χ0n) is 13.7. The maximum absolute atomic E-state index is 10.8. The van der Waals surface area contributed by atoms with Gasteiger partial charge in [0.2, 0.25) is 0 Å². The maximum Gasteiger partial charge on any atom is 0.338 e. The Hall–Kier alpha value is -2.53. The predicted octanol–water partition coefficient (Wildman–Crippen LogP) is 4.05. The molecule has 3 rings (SSSR count). The molecule has 5 heteroatoms. The van der Waals surface area contributed by atoms with Crippen LogP contribution in [0.5, 0.6) is 11.5 Å². The summed E-state index contributed by atoms with van der Waals surface area (Å²) in [6, 6.07) is 15.3. The molecule has 5 nitrogen and oxygen atoms in total. The Bertz CT molecular complexity index is 715. The van der Waals surface area contributed by atoms with Crippen LogP contribution in [0.2, 0.25) is 0 Å². The Morgan fingerprint density at radius 1 is 1.25 bits per heavy atom. The molecular weight excluding hydrogens is 304 g/mol. The SMILES string of the molecule is Cc1ccc(Oc2cccc(C3CC3CCN(O)C(N)=O)c2)cc1. The Morgan fingerprint density at radius 3 is 2.71 bits per heavy atom. The summed E-state index contributed by atoms with van der Waals surface area (Å²) >= 11 is 0. The van der Waals surface area contributed by atoms with Crippen molar-refractivity contribution >= 4 is 6.03 Å². The number of carbonyl (C=O) groups is 1. The minimum Gasteiger partial charge on any atom is -0.457 e. The monoisotopic (exact) mass is 326 g/mol. The summed E-state index contributed by atoms with van der Waals surface area (Å²) in [7, 11) is 0. The fourth-order valence-corrected chi connectivity index (χ4v) is 2.92. The number of ether oxygens (including phenoxy) is 1. The molecule has 126 valence electrons. The number of hydrogen-bond acceptors (Lipinski definition) is 3. The number of carbonyl (C=O) groups excluding carboxylic acids is 1. The molecule has 1 aliphatic rings. The Morgan fingerprint density at radius 2 is 2.00 bits per heavy atom. The molecule has 1 saturated carbocycles. The Balaban J connectivity index is 1.58. The van der Waals surface area contributed by atoms with Gasteiger partial charge in [0.05, 0.1) is 6.54 Å². The highest BCUT2D eigenvalue weighted by Crippen LogP contribution is 2.50. The van der Waals surface area contributed by atoms with Gasteiger partial charge in [-0.1, -0.05) is 29.8 Å². The molecule has 0 heterocycles. The van der Waals surface area contributed by atoms with E-state index in [1.807, 2.05) is 43.3 Å². The molecule has 2 unspecified atom stereocenters. The fraction of sp³-hybridized carbons (Fsp3) is 0.316. The largest absolute Gasteiger partial charge is 0.457 e. The number of aryl methyl sites for hydroxylation is 1. The molecule has 0 spiro atoms. The van der Waals surface area contributed by atoms with Crippen molar-refractivity contribution < 1.29 is 14.7 Å². The zero-order chi connectivity index (χ0) is 17.1. The van der Waals surface area contributed by atoms with Crippen LogP contribution >= 0.6 is 0 Å². The number of primary amides is 1. The molecule has 2 aromatic rings. The average molecular weight is 326 g/mol. The lowest BCUT2D eigenvalue weighted by atomic mass is 10.1. The van der Waals surface area contributed by atoms with Gasteiger partial charge in [-0.3, -0.25) is 5.21 Å². The van der Waals surface area contributed by atoms with Crippen LogP contribution in [0.3, 0.4) is 0 Å². The summed E-state index contributed by atoms with van der Waals surface area (Å²) in [5.41, 5.74) is 7.44. The lowest BCUT2D eigenvalue weighted by molar-refractivity contribution is -0.0410. The number of benzene rings is 2. The number of amides is 2. The molecule has 0 saturated heterocycles. The first-order valence-corrected chi connectivity index (χ1v) is 8.13. The van der Waals surface area contributed by atoms with Crippen molar-refractivity contribution in [3.8, 4) is 11.5 Å². The summed E-state index contributed by atoms with van der Waals surface area (Å²) in [5.74, 6) is 2.56. The highest BCUT2D eigenvalue weighted by Gasteiger charge is 2.38. The van der Waals surface area contributed by atoms with E-state index in [4.69, 9.17) is 10.5 Å². The minimum atomic E-state index is -0.805. The van der Waals surface area contributed by atoms with E-state index in [0.717, 1.165) is 24.3 Å². The van der Waals surface area contributed by atoms with Crippen LogP contribution in [0.25, 0.3) is 0 Å². The number of hydrogen-bond donors (Lipinski definition) is 2. The standard InChI is InChI=1S/C19H22N2O3/c1-13-5-7-16(8-6-13)24-17-4-2-3-14(11-17)18-12-15(18)9-10-21(23)19(20)22/h2-8,11,15,18,23H,9-10,12H2,1H3,(H2,20,22). The van der Waals surface area contributed by atoms with Gasteiger partial charge in [-0.25, -0.2) is 9.86 Å². The first kappa shape index (κ1) is 16.3. The van der Waals surface area contributed by atoms with Crippen molar-refractivity contribution in [2.24, 2.45) is 11.7 Å². The third-order valence-corrected chi connectivity index (χ3v) is 4.43. The van der Waals surface area contributed by atoms with E-state index in [2.05, 4.69) is 12.1 Å². The Kier molecular flexibility index (Phi) is 4.71. The maximum atomic E-state index is 10.8. The number of rotatable bonds is 6. The van der Waals surface area contributed by atoms with Crippen molar-refractivity contribution in [2.45, 2.75) is 25.7 Å². The third-order valence-electron chi connectivity index (χ3n) is 4.43. The summed E-state index contributed by atoms with van der Waals surface area (Å²) < 4.78 is 5.91. The van der Waals surface area contributed by atoms with Crippen LogP contribution < -0.4 is 10.5 Å². The van der Waals surface area contributed by atoms with E-state index in [-0.39, 0.29) is 6.54 Å². The summed E-state index contributed by atoms with van der Waals surface area (Å²) in [4.78, 5) is 10.8. The van der Waals surface area contributed by atoms with E-state index in [9.17, 15) is 10.0 Å². The molecule has 0 aliphatic heterocycles. The van der Waals surface area contributed by atoms with E-state index in [1.54, 1.807) is 0 Å². The summed E-state index contributed by atoms with van der Waals surface area (Å²) in [5, 5.41) is 9.90. The highest BCUT2D eigenvalue weighted by atomic mass is 16.5. The third kappa shape index (κ3) is 4.06.